The average Bonchev–Trinajstić information content (AvgIpc) is 2.57. The molecule has 24 heavy (non-hydrogen) atoms. The van der Waals surface area contributed by atoms with Gasteiger partial charge in [-0.2, -0.15) is 0 Å². The number of para-hydroxylation sites is 1. The van der Waals surface area contributed by atoms with Gasteiger partial charge in [-0.3, -0.25) is 9.59 Å². The highest BCUT2D eigenvalue weighted by molar-refractivity contribution is 5.92. The Morgan fingerprint density at radius 2 is 1.71 bits per heavy atom. The van der Waals surface area contributed by atoms with E-state index in [1.165, 1.54) is 13.0 Å². The number of halogens is 1. The zero-order valence-corrected chi connectivity index (χ0v) is 13.7. The summed E-state index contributed by atoms with van der Waals surface area (Å²) in [5.74, 6) is -0.535. The molecule has 0 saturated heterocycles. The van der Waals surface area contributed by atoms with E-state index in [1.807, 2.05) is 30.3 Å². The van der Waals surface area contributed by atoms with E-state index in [4.69, 9.17) is 0 Å². The largest absolute Gasteiger partial charge is 0.356 e. The Balaban J connectivity index is 1.79. The first-order chi connectivity index (χ1) is 11.6. The van der Waals surface area contributed by atoms with E-state index in [2.05, 4.69) is 5.32 Å². The fourth-order valence-corrected chi connectivity index (χ4v) is 2.42. The number of hydrogen-bond donors (Lipinski definition) is 1. The maximum Gasteiger partial charge on any atom is 0.223 e. The monoisotopic (exact) mass is 328 g/mol. The highest BCUT2D eigenvalue weighted by Gasteiger charge is 2.13. The minimum Gasteiger partial charge on any atom is -0.356 e. The molecule has 2 amide bonds. The van der Waals surface area contributed by atoms with Gasteiger partial charge in [-0.1, -0.05) is 36.4 Å². The number of hydrogen-bond acceptors (Lipinski definition) is 2. The van der Waals surface area contributed by atoms with Crippen LogP contribution in [0.2, 0.25) is 0 Å². The molecule has 0 saturated carbocycles. The maximum absolute atomic E-state index is 13.5. The van der Waals surface area contributed by atoms with Gasteiger partial charge in [0.05, 0.1) is 0 Å². The Morgan fingerprint density at radius 3 is 2.38 bits per heavy atom. The van der Waals surface area contributed by atoms with Crippen molar-refractivity contribution in [3.05, 3.63) is 66.0 Å². The summed E-state index contributed by atoms with van der Waals surface area (Å²) in [5, 5.41) is 2.76. The molecule has 2 aromatic rings. The van der Waals surface area contributed by atoms with E-state index in [0.717, 1.165) is 5.69 Å². The van der Waals surface area contributed by atoms with Gasteiger partial charge in [-0.05, 0) is 30.2 Å². The van der Waals surface area contributed by atoms with Gasteiger partial charge >= 0.3 is 0 Å². The zero-order valence-electron chi connectivity index (χ0n) is 13.7. The van der Waals surface area contributed by atoms with Crippen LogP contribution in [0.3, 0.4) is 0 Å². The number of carbonyl (C=O) groups is 2. The molecule has 5 heteroatoms. The van der Waals surface area contributed by atoms with Crippen LogP contribution in [0.1, 0.15) is 18.9 Å². The van der Waals surface area contributed by atoms with Crippen molar-refractivity contribution in [1.29, 1.82) is 0 Å². The lowest BCUT2D eigenvalue weighted by atomic mass is 10.1. The molecule has 0 heterocycles. The van der Waals surface area contributed by atoms with E-state index < -0.39 is 0 Å². The lowest BCUT2D eigenvalue weighted by molar-refractivity contribution is -0.121. The highest BCUT2D eigenvalue weighted by Crippen LogP contribution is 2.13. The van der Waals surface area contributed by atoms with Crippen molar-refractivity contribution < 1.29 is 14.0 Å². The van der Waals surface area contributed by atoms with Gasteiger partial charge in [0.1, 0.15) is 5.82 Å². The number of anilines is 1. The second kappa shape index (κ2) is 8.82. The Bertz CT molecular complexity index is 689. The number of rotatable bonds is 7. The normalized spacial score (nSPS) is 10.2. The molecule has 0 radical (unpaired) electrons. The van der Waals surface area contributed by atoms with Gasteiger partial charge in [0.2, 0.25) is 11.8 Å². The van der Waals surface area contributed by atoms with Crippen LogP contribution in [0.25, 0.3) is 0 Å². The highest BCUT2D eigenvalue weighted by atomic mass is 19.1. The Kier molecular flexibility index (Phi) is 6.49. The first-order valence-electron chi connectivity index (χ1n) is 7.91. The van der Waals surface area contributed by atoms with E-state index >= 15 is 0 Å². The van der Waals surface area contributed by atoms with Crippen LogP contribution >= 0.6 is 0 Å². The van der Waals surface area contributed by atoms with E-state index in [9.17, 15) is 14.0 Å². The van der Waals surface area contributed by atoms with Crippen molar-refractivity contribution in [1.82, 2.24) is 5.32 Å². The van der Waals surface area contributed by atoms with Gasteiger partial charge in [-0.15, -0.1) is 0 Å². The first-order valence-corrected chi connectivity index (χ1v) is 7.91. The number of nitrogens with zero attached hydrogens (tertiary/aromatic N) is 1. The smallest absolute Gasteiger partial charge is 0.223 e. The standard InChI is InChI=1S/C19H21FN2O2/c1-15(23)22(17-8-3-2-4-9-17)14-12-19(24)21-13-11-16-7-5-6-10-18(16)20/h2-10H,11-14H2,1H3,(H,21,24). The van der Waals surface area contributed by atoms with Crippen LogP contribution in [0, 0.1) is 5.82 Å². The van der Waals surface area contributed by atoms with Crippen molar-refractivity contribution in [2.75, 3.05) is 18.0 Å². The molecule has 0 aliphatic carbocycles. The quantitative estimate of drug-likeness (QED) is 0.849. The molecule has 0 unspecified atom stereocenters. The summed E-state index contributed by atoms with van der Waals surface area (Å²) in [7, 11) is 0. The maximum atomic E-state index is 13.5. The molecule has 2 aromatic carbocycles. The molecule has 4 nitrogen and oxygen atoms in total. The SMILES string of the molecule is CC(=O)N(CCC(=O)NCCc1ccccc1F)c1ccccc1. The minimum atomic E-state index is -0.265. The van der Waals surface area contributed by atoms with Gasteiger partial charge in [0, 0.05) is 32.1 Å². The van der Waals surface area contributed by atoms with Gasteiger partial charge in [-0.25, -0.2) is 4.39 Å². The second-order valence-corrected chi connectivity index (χ2v) is 5.45. The molecule has 0 atom stereocenters. The fourth-order valence-electron chi connectivity index (χ4n) is 2.42. The summed E-state index contributed by atoms with van der Waals surface area (Å²) < 4.78 is 13.5. The van der Waals surface area contributed by atoms with Crippen molar-refractivity contribution in [3.8, 4) is 0 Å². The minimum absolute atomic E-state index is 0.111. The lowest BCUT2D eigenvalue weighted by Crippen LogP contribution is -2.34. The summed E-state index contributed by atoms with van der Waals surface area (Å²) in [4.78, 5) is 25.2. The molecular formula is C19H21FN2O2. The number of nitrogens with one attached hydrogen (secondary N) is 1. The summed E-state index contributed by atoms with van der Waals surface area (Å²) in [6, 6.07) is 15.7. The molecule has 1 N–H and O–H groups in total. The molecule has 0 bridgehead atoms. The van der Waals surface area contributed by atoms with Crippen LogP contribution < -0.4 is 10.2 Å². The van der Waals surface area contributed by atoms with E-state index in [0.29, 0.717) is 25.1 Å². The van der Waals surface area contributed by atoms with Crippen LogP contribution in [0.5, 0.6) is 0 Å². The molecule has 126 valence electrons. The van der Waals surface area contributed by atoms with Crippen LogP contribution in [0.4, 0.5) is 10.1 Å². The summed E-state index contributed by atoms with van der Waals surface area (Å²) >= 11 is 0. The molecule has 0 aliphatic rings. The van der Waals surface area contributed by atoms with Crippen LogP contribution in [-0.2, 0) is 16.0 Å². The van der Waals surface area contributed by atoms with E-state index in [-0.39, 0.29) is 24.1 Å². The Hall–Kier alpha value is -2.69. The third-order valence-electron chi connectivity index (χ3n) is 3.68. The topological polar surface area (TPSA) is 49.4 Å². The molecular weight excluding hydrogens is 307 g/mol. The molecule has 0 fully saturated rings. The van der Waals surface area contributed by atoms with Crippen molar-refractivity contribution >= 4 is 17.5 Å². The van der Waals surface area contributed by atoms with Crippen molar-refractivity contribution in [2.24, 2.45) is 0 Å². The van der Waals surface area contributed by atoms with Gasteiger partial charge in [0.25, 0.3) is 0 Å². The number of amides is 2. The van der Waals surface area contributed by atoms with Crippen LogP contribution in [-0.4, -0.2) is 24.9 Å². The summed E-state index contributed by atoms with van der Waals surface area (Å²) in [6.07, 6.45) is 0.638. The Morgan fingerprint density at radius 1 is 1.04 bits per heavy atom. The predicted octanol–water partition coefficient (Wildman–Crippen LogP) is 2.93. The lowest BCUT2D eigenvalue weighted by Gasteiger charge is -2.20. The molecule has 0 aliphatic heterocycles. The van der Waals surface area contributed by atoms with Crippen molar-refractivity contribution in [2.45, 2.75) is 19.8 Å². The van der Waals surface area contributed by atoms with Gasteiger partial charge in [0.15, 0.2) is 0 Å². The van der Waals surface area contributed by atoms with Gasteiger partial charge < -0.3 is 10.2 Å². The predicted molar refractivity (Wildman–Crippen MR) is 92.2 cm³/mol. The van der Waals surface area contributed by atoms with Crippen LogP contribution in [0.15, 0.2) is 54.6 Å². The third kappa shape index (κ3) is 5.19. The average molecular weight is 328 g/mol. The second-order valence-electron chi connectivity index (χ2n) is 5.45. The number of benzene rings is 2. The number of carbonyl (C=O) groups excluding carboxylic acids is 2. The molecule has 0 aromatic heterocycles. The molecule has 2 rings (SSSR count). The van der Waals surface area contributed by atoms with E-state index in [1.54, 1.807) is 23.1 Å². The van der Waals surface area contributed by atoms with Crippen molar-refractivity contribution in [3.63, 3.8) is 0 Å². The third-order valence-corrected chi connectivity index (χ3v) is 3.68. The zero-order chi connectivity index (χ0) is 17.4. The summed E-state index contributed by atoms with van der Waals surface area (Å²) in [6.45, 7) is 2.15. The summed E-state index contributed by atoms with van der Waals surface area (Å²) in [5.41, 5.74) is 1.34. The first kappa shape index (κ1) is 17.7. The fraction of sp³-hybridized carbons (Fsp3) is 0.263. The Labute approximate surface area is 141 Å². The molecule has 0 spiro atoms.